The van der Waals surface area contributed by atoms with Gasteiger partial charge in [0.15, 0.2) is 0 Å². The second-order valence-electron chi connectivity index (χ2n) is 8.03. The zero-order valence-electron chi connectivity index (χ0n) is 19.4. The van der Waals surface area contributed by atoms with Crippen LogP contribution in [0.1, 0.15) is 117 Å². The molecule has 0 aromatic heterocycles. The van der Waals surface area contributed by atoms with Gasteiger partial charge >= 0.3 is 0 Å². The van der Waals surface area contributed by atoms with Crippen molar-refractivity contribution < 1.29 is 9.47 Å². The van der Waals surface area contributed by atoms with Crippen LogP contribution in [-0.4, -0.2) is 39.5 Å². The van der Waals surface area contributed by atoms with Gasteiger partial charge in [-0.1, -0.05) is 90.9 Å². The van der Waals surface area contributed by atoms with Crippen molar-refractivity contribution in [3.63, 3.8) is 0 Å². The molecule has 0 saturated carbocycles. The summed E-state index contributed by atoms with van der Waals surface area (Å²) in [7, 11) is 0. The lowest BCUT2D eigenvalue weighted by Crippen LogP contribution is -2.34. The van der Waals surface area contributed by atoms with Gasteiger partial charge < -0.3 is 9.47 Å². The molecule has 0 aliphatic rings. The van der Waals surface area contributed by atoms with E-state index < -0.39 is 0 Å². The second-order valence-corrected chi connectivity index (χ2v) is 8.03. The normalized spacial score (nSPS) is 11.4. The van der Waals surface area contributed by atoms with Crippen molar-refractivity contribution >= 4 is 0 Å². The predicted octanol–water partition coefficient (Wildman–Crippen LogP) is 6.40. The molecule has 0 bridgehead atoms. The second kappa shape index (κ2) is 26.8. The van der Waals surface area contributed by atoms with Crippen LogP contribution in [0.15, 0.2) is 0 Å². The summed E-state index contributed by atoms with van der Waals surface area (Å²) in [5.41, 5.74) is 6.53. The molecule has 0 fully saturated rings. The number of ether oxygens (including phenoxy) is 2. The van der Waals surface area contributed by atoms with Crippen LogP contribution in [0.3, 0.4) is 0 Å². The molecule has 4 heteroatoms. The molecular weight excluding hydrogens is 348 g/mol. The van der Waals surface area contributed by atoms with Crippen LogP contribution in [-0.2, 0) is 9.47 Å². The quantitative estimate of drug-likeness (QED) is 0.137. The molecule has 0 aromatic rings. The predicted molar refractivity (Wildman–Crippen MR) is 123 cm³/mol. The summed E-state index contributed by atoms with van der Waals surface area (Å²) < 4.78 is 11.4. The molecule has 0 unspecified atom stereocenters. The number of hydrogen-bond acceptors (Lipinski definition) is 4. The van der Waals surface area contributed by atoms with Crippen LogP contribution in [0.4, 0.5) is 0 Å². The Bertz CT molecular complexity index is 239. The Morgan fingerprint density at radius 3 is 1.11 bits per heavy atom. The van der Waals surface area contributed by atoms with Crippen molar-refractivity contribution in [3.8, 4) is 0 Å². The highest BCUT2D eigenvalue weighted by Gasteiger charge is 1.94. The van der Waals surface area contributed by atoms with Gasteiger partial charge in [0.05, 0.1) is 0 Å². The summed E-state index contributed by atoms with van der Waals surface area (Å²) in [6.07, 6.45) is 21.0. The SMILES string of the molecule is CCCCCCCCCCOCCCNNCCCOCCCCCCCC. The van der Waals surface area contributed by atoms with Crippen LogP contribution < -0.4 is 10.9 Å². The van der Waals surface area contributed by atoms with Crippen molar-refractivity contribution in [1.82, 2.24) is 10.9 Å². The minimum Gasteiger partial charge on any atom is -0.381 e. The number of rotatable bonds is 25. The van der Waals surface area contributed by atoms with Crippen LogP contribution in [0, 0.1) is 0 Å². The van der Waals surface area contributed by atoms with E-state index in [4.69, 9.17) is 9.47 Å². The van der Waals surface area contributed by atoms with Crippen molar-refractivity contribution in [2.75, 3.05) is 39.5 Å². The summed E-state index contributed by atoms with van der Waals surface area (Å²) in [6.45, 7) is 10.1. The van der Waals surface area contributed by atoms with E-state index in [2.05, 4.69) is 24.7 Å². The van der Waals surface area contributed by atoms with E-state index in [1.54, 1.807) is 0 Å². The molecule has 170 valence electrons. The number of nitrogens with one attached hydrogen (secondary N) is 2. The maximum absolute atomic E-state index is 5.70. The number of unbranched alkanes of at least 4 members (excludes halogenated alkanes) is 12. The minimum absolute atomic E-state index is 0.866. The van der Waals surface area contributed by atoms with E-state index in [1.165, 1.54) is 89.9 Å². The van der Waals surface area contributed by atoms with E-state index in [1.807, 2.05) is 0 Å². The molecule has 0 aliphatic heterocycles. The standard InChI is InChI=1S/C24H52N2O2/c1-3-5-7-9-11-12-14-16-22-28-24-18-20-26-25-19-17-23-27-21-15-13-10-8-6-4-2/h25-26H,3-24H2,1-2H3. The molecule has 28 heavy (non-hydrogen) atoms. The Morgan fingerprint density at radius 2 is 0.714 bits per heavy atom. The molecule has 4 nitrogen and oxygen atoms in total. The summed E-state index contributed by atoms with van der Waals surface area (Å²) in [6, 6.07) is 0. The first-order valence-electron chi connectivity index (χ1n) is 12.5. The molecular formula is C24H52N2O2. The van der Waals surface area contributed by atoms with Gasteiger partial charge in [0.1, 0.15) is 0 Å². The Kier molecular flexibility index (Phi) is 26.7. The third-order valence-corrected chi connectivity index (χ3v) is 5.09. The molecule has 0 aliphatic carbocycles. The summed E-state index contributed by atoms with van der Waals surface area (Å²) >= 11 is 0. The van der Waals surface area contributed by atoms with E-state index >= 15 is 0 Å². The van der Waals surface area contributed by atoms with Crippen molar-refractivity contribution in [2.45, 2.75) is 117 Å². The molecule has 0 aromatic carbocycles. The van der Waals surface area contributed by atoms with E-state index in [-0.39, 0.29) is 0 Å². The average Bonchev–Trinajstić information content (AvgIpc) is 2.71. The molecule has 0 heterocycles. The van der Waals surface area contributed by atoms with E-state index in [0.29, 0.717) is 0 Å². The number of hydrazine groups is 1. The Labute approximate surface area is 176 Å². The zero-order chi connectivity index (χ0) is 20.4. The first-order valence-corrected chi connectivity index (χ1v) is 12.5. The molecule has 0 atom stereocenters. The molecule has 0 radical (unpaired) electrons. The fourth-order valence-corrected chi connectivity index (χ4v) is 3.23. The average molecular weight is 401 g/mol. The van der Waals surface area contributed by atoms with Crippen LogP contribution >= 0.6 is 0 Å². The van der Waals surface area contributed by atoms with Gasteiger partial charge in [-0.2, -0.15) is 0 Å². The lowest BCUT2D eigenvalue weighted by atomic mass is 10.1. The third-order valence-electron chi connectivity index (χ3n) is 5.09. The van der Waals surface area contributed by atoms with Gasteiger partial charge in [0.25, 0.3) is 0 Å². The largest absolute Gasteiger partial charge is 0.381 e. The molecule has 0 saturated heterocycles. The Hall–Kier alpha value is -0.160. The summed E-state index contributed by atoms with van der Waals surface area (Å²) in [5, 5.41) is 0. The highest BCUT2D eigenvalue weighted by Crippen LogP contribution is 2.08. The molecule has 2 N–H and O–H groups in total. The third kappa shape index (κ3) is 25.8. The van der Waals surface area contributed by atoms with Gasteiger partial charge in [-0.05, 0) is 25.7 Å². The maximum atomic E-state index is 5.70. The van der Waals surface area contributed by atoms with Gasteiger partial charge in [-0.15, -0.1) is 0 Å². The lowest BCUT2D eigenvalue weighted by molar-refractivity contribution is 0.123. The van der Waals surface area contributed by atoms with Crippen molar-refractivity contribution in [3.05, 3.63) is 0 Å². The van der Waals surface area contributed by atoms with Gasteiger partial charge in [0.2, 0.25) is 0 Å². The Balaban J connectivity index is 2.96. The van der Waals surface area contributed by atoms with Gasteiger partial charge in [-0.3, -0.25) is 10.9 Å². The van der Waals surface area contributed by atoms with Crippen LogP contribution in [0.25, 0.3) is 0 Å². The van der Waals surface area contributed by atoms with Crippen LogP contribution in [0.2, 0.25) is 0 Å². The Morgan fingerprint density at radius 1 is 0.393 bits per heavy atom. The van der Waals surface area contributed by atoms with E-state index in [0.717, 1.165) is 52.4 Å². The smallest absolute Gasteiger partial charge is 0.0478 e. The molecule has 0 spiro atoms. The molecule has 0 amide bonds. The first kappa shape index (κ1) is 27.8. The highest BCUT2D eigenvalue weighted by molar-refractivity contribution is 4.48. The fourth-order valence-electron chi connectivity index (χ4n) is 3.23. The topological polar surface area (TPSA) is 42.5 Å². The van der Waals surface area contributed by atoms with Gasteiger partial charge in [-0.25, -0.2) is 0 Å². The van der Waals surface area contributed by atoms with Crippen LogP contribution in [0.5, 0.6) is 0 Å². The molecule has 0 rings (SSSR count). The number of hydrogen-bond donors (Lipinski definition) is 2. The lowest BCUT2D eigenvalue weighted by Gasteiger charge is -2.08. The minimum atomic E-state index is 0.866. The fraction of sp³-hybridized carbons (Fsp3) is 1.00. The van der Waals surface area contributed by atoms with E-state index in [9.17, 15) is 0 Å². The zero-order valence-corrected chi connectivity index (χ0v) is 19.4. The maximum Gasteiger partial charge on any atom is 0.0478 e. The summed E-state index contributed by atoms with van der Waals surface area (Å²) in [4.78, 5) is 0. The summed E-state index contributed by atoms with van der Waals surface area (Å²) in [5.74, 6) is 0. The van der Waals surface area contributed by atoms with Crippen molar-refractivity contribution in [1.29, 1.82) is 0 Å². The first-order chi connectivity index (χ1) is 13.9. The highest BCUT2D eigenvalue weighted by atomic mass is 16.5. The van der Waals surface area contributed by atoms with Gasteiger partial charge in [0, 0.05) is 39.5 Å². The van der Waals surface area contributed by atoms with Crippen molar-refractivity contribution in [2.24, 2.45) is 0 Å². The monoisotopic (exact) mass is 400 g/mol.